The fraction of sp³-hybridized carbons (Fsp3) is 0.241. The first-order chi connectivity index (χ1) is 20.0. The van der Waals surface area contributed by atoms with Gasteiger partial charge in [0.15, 0.2) is 0 Å². The van der Waals surface area contributed by atoms with Crippen LogP contribution in [0.15, 0.2) is 79.4 Å². The van der Waals surface area contributed by atoms with Gasteiger partial charge in [-0.2, -0.15) is 0 Å². The summed E-state index contributed by atoms with van der Waals surface area (Å²) in [4.78, 5) is 44.4. The largest absolute Gasteiger partial charge is 0.481 e. The Morgan fingerprint density at radius 3 is 2.56 bits per heavy atom. The summed E-state index contributed by atoms with van der Waals surface area (Å²) in [5.74, 6) is 0.798. The molecule has 12 nitrogen and oxygen atoms in total. The van der Waals surface area contributed by atoms with Crippen LogP contribution in [0.1, 0.15) is 12.0 Å². The number of carboxylic acid groups (broad SMARTS) is 1. The van der Waals surface area contributed by atoms with Gasteiger partial charge in [0.1, 0.15) is 17.5 Å². The molecule has 0 radical (unpaired) electrons. The van der Waals surface area contributed by atoms with Gasteiger partial charge in [0.05, 0.1) is 18.3 Å². The first kappa shape index (κ1) is 27.5. The Kier molecular flexibility index (Phi) is 8.91. The highest BCUT2D eigenvalue weighted by Crippen LogP contribution is 2.27. The van der Waals surface area contributed by atoms with Crippen LogP contribution in [-0.4, -0.2) is 69.3 Å². The first-order valence-corrected chi connectivity index (χ1v) is 13.3. The first-order valence-electron chi connectivity index (χ1n) is 13.3. The van der Waals surface area contributed by atoms with Gasteiger partial charge in [0, 0.05) is 68.1 Å². The summed E-state index contributed by atoms with van der Waals surface area (Å²) in [5, 5.41) is 21.6. The van der Waals surface area contributed by atoms with Crippen molar-refractivity contribution in [2.75, 3.05) is 41.7 Å². The molecule has 1 aromatic carbocycles. The average molecular weight is 554 g/mol. The van der Waals surface area contributed by atoms with Gasteiger partial charge in [-0.05, 0) is 30.2 Å². The lowest BCUT2D eigenvalue weighted by molar-refractivity contribution is -0.137. The maximum absolute atomic E-state index is 13.1. The second-order valence-electron chi connectivity index (χ2n) is 9.56. The van der Waals surface area contributed by atoms with Crippen LogP contribution in [0.3, 0.4) is 0 Å². The third kappa shape index (κ3) is 7.96. The van der Waals surface area contributed by atoms with E-state index in [0.29, 0.717) is 29.4 Å². The number of rotatable bonds is 10. The molecule has 5 N–H and O–H groups in total. The Labute approximate surface area is 237 Å². The van der Waals surface area contributed by atoms with Crippen LogP contribution < -0.4 is 26.2 Å². The standard InChI is InChI=1S/C29H31N9O3/c39-28(40)18-22(14-20-4-2-1-3-5-20)34-29(41)35-23-16-24(36-25(17-23)37-26-19-31-8-9-32-26)21-6-7-33-27(15-21)38-12-10-30-11-13-38/h1-9,15-17,19,22,30H,10-14,18H2,(H,39,40)(H3,32,34,35,36,37,41)/t22-/m0/s1. The molecule has 0 aliphatic carbocycles. The summed E-state index contributed by atoms with van der Waals surface area (Å²) in [6, 6.07) is 15.6. The Morgan fingerprint density at radius 2 is 1.80 bits per heavy atom. The van der Waals surface area contributed by atoms with E-state index in [4.69, 9.17) is 4.98 Å². The number of urea groups is 1. The third-order valence-electron chi connectivity index (χ3n) is 6.47. The molecule has 1 fully saturated rings. The van der Waals surface area contributed by atoms with Crippen molar-refractivity contribution < 1.29 is 14.7 Å². The van der Waals surface area contributed by atoms with E-state index in [1.807, 2.05) is 42.5 Å². The topological polar surface area (TPSA) is 157 Å². The number of aliphatic carboxylic acids is 1. The van der Waals surface area contributed by atoms with Crippen molar-refractivity contribution in [2.24, 2.45) is 0 Å². The molecule has 4 aromatic rings. The predicted octanol–water partition coefficient (Wildman–Crippen LogP) is 3.29. The van der Waals surface area contributed by atoms with E-state index in [1.165, 1.54) is 0 Å². The van der Waals surface area contributed by atoms with E-state index in [1.54, 1.807) is 36.9 Å². The van der Waals surface area contributed by atoms with Gasteiger partial charge in [0.2, 0.25) is 0 Å². The lowest BCUT2D eigenvalue weighted by atomic mass is 10.0. The molecule has 1 aliphatic heterocycles. The van der Waals surface area contributed by atoms with E-state index in [0.717, 1.165) is 43.1 Å². The van der Waals surface area contributed by atoms with Gasteiger partial charge in [-0.1, -0.05) is 30.3 Å². The number of carboxylic acids is 1. The molecule has 0 unspecified atom stereocenters. The summed E-state index contributed by atoms with van der Waals surface area (Å²) in [6.07, 6.45) is 6.63. The number of nitrogens with one attached hydrogen (secondary N) is 4. The highest BCUT2D eigenvalue weighted by molar-refractivity contribution is 5.91. The van der Waals surface area contributed by atoms with Crippen molar-refractivity contribution in [1.29, 1.82) is 0 Å². The molecule has 1 aliphatic rings. The molecule has 5 rings (SSSR count). The van der Waals surface area contributed by atoms with Crippen molar-refractivity contribution in [3.8, 4) is 11.3 Å². The van der Waals surface area contributed by atoms with Crippen LogP contribution in [-0.2, 0) is 11.2 Å². The third-order valence-corrected chi connectivity index (χ3v) is 6.47. The smallest absolute Gasteiger partial charge is 0.319 e. The number of anilines is 4. The van der Waals surface area contributed by atoms with E-state index in [9.17, 15) is 14.7 Å². The molecule has 210 valence electrons. The van der Waals surface area contributed by atoms with Crippen LogP contribution in [0.4, 0.5) is 27.9 Å². The van der Waals surface area contributed by atoms with E-state index < -0.39 is 18.0 Å². The minimum Gasteiger partial charge on any atom is -0.481 e. The summed E-state index contributed by atoms with van der Waals surface area (Å²) in [6.45, 7) is 3.48. The second kappa shape index (κ2) is 13.3. The molecule has 41 heavy (non-hydrogen) atoms. The van der Waals surface area contributed by atoms with Crippen LogP contribution in [0.2, 0.25) is 0 Å². The van der Waals surface area contributed by atoms with Crippen LogP contribution in [0.25, 0.3) is 11.3 Å². The lowest BCUT2D eigenvalue weighted by Gasteiger charge is -2.28. The van der Waals surface area contributed by atoms with Crippen LogP contribution in [0.5, 0.6) is 0 Å². The van der Waals surface area contributed by atoms with Crippen LogP contribution >= 0.6 is 0 Å². The highest BCUT2D eigenvalue weighted by atomic mass is 16.4. The van der Waals surface area contributed by atoms with Gasteiger partial charge in [0.25, 0.3) is 0 Å². The Hall–Kier alpha value is -5.10. The number of benzene rings is 1. The van der Waals surface area contributed by atoms with Gasteiger partial charge >= 0.3 is 12.0 Å². The normalized spacial score (nSPS) is 13.7. The summed E-state index contributed by atoms with van der Waals surface area (Å²) in [7, 11) is 0. The quantitative estimate of drug-likeness (QED) is 0.197. The molecule has 0 spiro atoms. The second-order valence-corrected chi connectivity index (χ2v) is 9.56. The van der Waals surface area contributed by atoms with Crippen molar-refractivity contribution in [1.82, 2.24) is 30.6 Å². The Bertz CT molecular complexity index is 1470. The molecule has 2 amide bonds. The average Bonchev–Trinajstić information content (AvgIpc) is 2.98. The number of hydrogen-bond donors (Lipinski definition) is 5. The van der Waals surface area contributed by atoms with Gasteiger partial charge in [-0.3, -0.25) is 9.78 Å². The summed E-state index contributed by atoms with van der Waals surface area (Å²) >= 11 is 0. The number of carbonyl (C=O) groups is 2. The van der Waals surface area contributed by atoms with Crippen molar-refractivity contribution in [3.63, 3.8) is 0 Å². The molecular weight excluding hydrogens is 522 g/mol. The number of carbonyl (C=O) groups excluding carboxylic acids is 1. The Balaban J connectivity index is 1.39. The zero-order valence-corrected chi connectivity index (χ0v) is 22.3. The number of pyridine rings is 2. The van der Waals surface area contributed by atoms with E-state index in [-0.39, 0.29) is 6.42 Å². The monoisotopic (exact) mass is 553 g/mol. The number of piperazine rings is 1. The maximum atomic E-state index is 13.1. The van der Waals surface area contributed by atoms with Gasteiger partial charge < -0.3 is 31.3 Å². The maximum Gasteiger partial charge on any atom is 0.319 e. The van der Waals surface area contributed by atoms with Gasteiger partial charge in [-0.25, -0.2) is 19.7 Å². The van der Waals surface area contributed by atoms with Gasteiger partial charge in [-0.15, -0.1) is 0 Å². The molecule has 0 bridgehead atoms. The number of hydrogen-bond acceptors (Lipinski definition) is 9. The fourth-order valence-corrected chi connectivity index (χ4v) is 4.59. The number of aromatic nitrogens is 4. The molecule has 12 heteroatoms. The number of nitrogens with zero attached hydrogens (tertiary/aromatic N) is 5. The minimum atomic E-state index is -0.995. The summed E-state index contributed by atoms with van der Waals surface area (Å²) < 4.78 is 0. The molecule has 4 heterocycles. The minimum absolute atomic E-state index is 0.213. The van der Waals surface area contributed by atoms with Crippen molar-refractivity contribution in [2.45, 2.75) is 18.9 Å². The van der Waals surface area contributed by atoms with Crippen molar-refractivity contribution >= 4 is 35.1 Å². The molecule has 0 saturated carbocycles. The molecular formula is C29H31N9O3. The molecule has 1 atom stereocenters. The fourth-order valence-electron chi connectivity index (χ4n) is 4.59. The lowest BCUT2D eigenvalue weighted by Crippen LogP contribution is -2.43. The Morgan fingerprint density at radius 1 is 0.976 bits per heavy atom. The molecule has 3 aromatic heterocycles. The summed E-state index contributed by atoms with van der Waals surface area (Å²) in [5.41, 5.74) is 2.83. The highest BCUT2D eigenvalue weighted by Gasteiger charge is 2.18. The van der Waals surface area contributed by atoms with E-state index >= 15 is 0 Å². The zero-order valence-electron chi connectivity index (χ0n) is 22.3. The predicted molar refractivity (Wildman–Crippen MR) is 156 cm³/mol. The van der Waals surface area contributed by atoms with Crippen molar-refractivity contribution in [3.05, 3.63) is 84.9 Å². The SMILES string of the molecule is O=C(O)C[C@H](Cc1ccccc1)NC(=O)Nc1cc(Nc2cnccn2)nc(-c2ccnc(N3CCNCC3)c2)c1. The zero-order chi connectivity index (χ0) is 28.4. The number of amides is 2. The molecule has 1 saturated heterocycles. The van der Waals surface area contributed by atoms with Crippen LogP contribution in [0, 0.1) is 0 Å². The van der Waals surface area contributed by atoms with E-state index in [2.05, 4.69) is 41.1 Å².